The van der Waals surface area contributed by atoms with Gasteiger partial charge in [-0.05, 0) is 0 Å². The molecule has 0 unspecified atom stereocenters. The Morgan fingerprint density at radius 3 is 1.67 bits per heavy atom. The molecule has 0 radical (unpaired) electrons. The van der Waals surface area contributed by atoms with E-state index in [4.69, 9.17) is 9.47 Å². The molecule has 0 bridgehead atoms. The Hall–Kier alpha value is -2.71. The minimum Gasteiger partial charge on any atom is -0.432 e. The summed E-state index contributed by atoms with van der Waals surface area (Å²) in [4.78, 5) is 37.4. The molecule has 0 aliphatic carbocycles. The minimum absolute atomic E-state index is 0.0416. The molecule has 1 heterocycles. The summed E-state index contributed by atoms with van der Waals surface area (Å²) >= 11 is 0. The molecule has 1 aliphatic rings. The van der Waals surface area contributed by atoms with Crippen molar-refractivity contribution in [3.8, 4) is 0 Å². The Labute approximate surface area is 140 Å². The summed E-state index contributed by atoms with van der Waals surface area (Å²) in [5.74, 6) is 0. The zero-order chi connectivity index (χ0) is 17.8. The predicted octanol–water partition coefficient (Wildman–Crippen LogP) is 1.40. The van der Waals surface area contributed by atoms with E-state index in [1.54, 1.807) is 0 Å². The molecule has 0 aromatic heterocycles. The van der Waals surface area contributed by atoms with E-state index in [2.05, 4.69) is 22.6 Å². The van der Waals surface area contributed by atoms with Crippen molar-refractivity contribution in [1.29, 1.82) is 0 Å². The molecule has 1 rings (SSSR count). The van der Waals surface area contributed by atoms with Gasteiger partial charge in [-0.1, -0.05) is 25.3 Å². The summed E-state index contributed by atoms with van der Waals surface area (Å²) in [5, 5.41) is 0. The van der Waals surface area contributed by atoms with Crippen molar-refractivity contribution in [3.63, 3.8) is 0 Å². The zero-order valence-corrected chi connectivity index (χ0v) is 13.5. The van der Waals surface area contributed by atoms with Gasteiger partial charge in [-0.25, -0.2) is 14.4 Å². The van der Waals surface area contributed by atoms with Crippen LogP contribution >= 0.6 is 0 Å². The van der Waals surface area contributed by atoms with Crippen molar-refractivity contribution in [2.75, 3.05) is 52.6 Å². The fraction of sp³-hybridized carbons (Fsp3) is 0.533. The molecule has 9 heteroatoms. The molecule has 0 N–H and O–H groups in total. The fourth-order valence-corrected chi connectivity index (χ4v) is 1.86. The van der Waals surface area contributed by atoms with Crippen molar-refractivity contribution in [2.45, 2.75) is 0 Å². The van der Waals surface area contributed by atoms with Gasteiger partial charge in [0.15, 0.2) is 0 Å². The summed E-state index contributed by atoms with van der Waals surface area (Å²) in [6.45, 7) is 8.59. The third-order valence-electron chi connectivity index (χ3n) is 2.98. The van der Waals surface area contributed by atoms with E-state index >= 15 is 0 Å². The summed E-state index contributed by atoms with van der Waals surface area (Å²) in [5.41, 5.74) is 0. The maximum absolute atomic E-state index is 12.1. The Balaban J connectivity index is 2.18. The van der Waals surface area contributed by atoms with E-state index < -0.39 is 12.3 Å². The van der Waals surface area contributed by atoms with Crippen molar-refractivity contribution >= 4 is 18.3 Å². The maximum Gasteiger partial charge on any atom is 0.508 e. The van der Waals surface area contributed by atoms with E-state index in [1.165, 1.54) is 22.0 Å². The van der Waals surface area contributed by atoms with E-state index in [0.29, 0.717) is 13.1 Å². The third kappa shape index (κ3) is 7.03. The number of hydrogen-bond acceptors (Lipinski definition) is 7. The van der Waals surface area contributed by atoms with Crippen LogP contribution in [0.25, 0.3) is 0 Å². The van der Waals surface area contributed by atoms with E-state index in [-0.39, 0.29) is 45.5 Å². The second-order valence-electron chi connectivity index (χ2n) is 4.65. The number of ether oxygens (including phenoxy) is 4. The van der Waals surface area contributed by atoms with Gasteiger partial charge in [-0.2, -0.15) is 0 Å². The molecular formula is C15H22N2O7. The predicted molar refractivity (Wildman–Crippen MR) is 83.5 cm³/mol. The van der Waals surface area contributed by atoms with Gasteiger partial charge < -0.3 is 28.7 Å². The van der Waals surface area contributed by atoms with Crippen LogP contribution in [0.5, 0.6) is 0 Å². The quantitative estimate of drug-likeness (QED) is 0.437. The van der Waals surface area contributed by atoms with Crippen LogP contribution in [-0.4, -0.2) is 80.7 Å². The standard InChI is InChI=1S/C15H22N2O7/c1-3-9-21-14(19)23-11-7-16-5-6-17(13(16)18)8-12-24-15(20)22-10-4-2/h3-4H,1-2,5-12H2. The third-order valence-corrected chi connectivity index (χ3v) is 2.98. The molecule has 2 amide bonds. The van der Waals surface area contributed by atoms with E-state index in [9.17, 15) is 14.4 Å². The molecule has 0 atom stereocenters. The maximum atomic E-state index is 12.1. The molecule has 1 fully saturated rings. The van der Waals surface area contributed by atoms with Crippen LogP contribution in [0.2, 0.25) is 0 Å². The lowest BCUT2D eigenvalue weighted by molar-refractivity contribution is 0.0572. The number of hydrogen-bond donors (Lipinski definition) is 0. The number of rotatable bonds is 10. The van der Waals surface area contributed by atoms with Crippen LogP contribution in [0.4, 0.5) is 14.4 Å². The van der Waals surface area contributed by atoms with Crippen molar-refractivity contribution in [2.24, 2.45) is 0 Å². The summed E-state index contributed by atoms with van der Waals surface area (Å²) in [6, 6.07) is -0.207. The Bertz CT molecular complexity index is 427. The molecule has 24 heavy (non-hydrogen) atoms. The first kappa shape index (κ1) is 19.3. The molecule has 1 aliphatic heterocycles. The average Bonchev–Trinajstić information content (AvgIpc) is 2.91. The lowest BCUT2D eigenvalue weighted by atomic mass is 10.5. The first-order valence-electron chi connectivity index (χ1n) is 7.43. The molecule has 134 valence electrons. The lowest BCUT2D eigenvalue weighted by Crippen LogP contribution is -2.36. The normalized spacial score (nSPS) is 13.4. The SMILES string of the molecule is C=CCOC(=O)OCCN1CCN(CCOC(=O)OCC=C)C1=O. The van der Waals surface area contributed by atoms with Crippen LogP contribution < -0.4 is 0 Å². The number of amides is 2. The van der Waals surface area contributed by atoms with Crippen LogP contribution in [0.3, 0.4) is 0 Å². The molecule has 0 aromatic rings. The monoisotopic (exact) mass is 342 g/mol. The largest absolute Gasteiger partial charge is 0.508 e. The number of carbonyl (C=O) groups excluding carboxylic acids is 3. The summed E-state index contributed by atoms with van der Waals surface area (Å²) in [7, 11) is 0. The number of carbonyl (C=O) groups is 3. The van der Waals surface area contributed by atoms with Gasteiger partial charge in [0, 0.05) is 13.1 Å². The highest BCUT2D eigenvalue weighted by molar-refractivity contribution is 5.76. The second kappa shape index (κ2) is 10.9. The van der Waals surface area contributed by atoms with Gasteiger partial charge in [-0.3, -0.25) is 0 Å². The Morgan fingerprint density at radius 2 is 1.29 bits per heavy atom. The van der Waals surface area contributed by atoms with Gasteiger partial charge in [0.2, 0.25) is 0 Å². The van der Waals surface area contributed by atoms with Crippen LogP contribution in [-0.2, 0) is 18.9 Å². The lowest BCUT2D eigenvalue weighted by Gasteiger charge is -2.18. The highest BCUT2D eigenvalue weighted by atomic mass is 16.7. The number of nitrogens with zero attached hydrogens (tertiary/aromatic N) is 2. The Kier molecular flexibility index (Phi) is 8.80. The van der Waals surface area contributed by atoms with Crippen LogP contribution in [0, 0.1) is 0 Å². The van der Waals surface area contributed by atoms with Crippen molar-refractivity contribution in [1.82, 2.24) is 9.80 Å². The number of urea groups is 1. The first-order chi connectivity index (χ1) is 11.6. The topological polar surface area (TPSA) is 94.6 Å². The highest BCUT2D eigenvalue weighted by Crippen LogP contribution is 2.08. The van der Waals surface area contributed by atoms with E-state index in [1.807, 2.05) is 0 Å². The highest BCUT2D eigenvalue weighted by Gasteiger charge is 2.28. The van der Waals surface area contributed by atoms with Gasteiger partial charge in [0.05, 0.1) is 13.1 Å². The molecule has 9 nitrogen and oxygen atoms in total. The fourth-order valence-electron chi connectivity index (χ4n) is 1.86. The van der Waals surface area contributed by atoms with Crippen LogP contribution in [0.15, 0.2) is 25.3 Å². The smallest absolute Gasteiger partial charge is 0.432 e. The van der Waals surface area contributed by atoms with Crippen molar-refractivity contribution < 1.29 is 33.3 Å². The minimum atomic E-state index is -0.801. The van der Waals surface area contributed by atoms with Gasteiger partial charge >= 0.3 is 18.3 Å². The molecular weight excluding hydrogens is 320 g/mol. The molecule has 1 saturated heterocycles. The Morgan fingerprint density at radius 1 is 0.875 bits per heavy atom. The molecule has 0 spiro atoms. The van der Waals surface area contributed by atoms with E-state index in [0.717, 1.165) is 0 Å². The molecule has 0 saturated carbocycles. The second-order valence-corrected chi connectivity index (χ2v) is 4.65. The zero-order valence-electron chi connectivity index (χ0n) is 13.5. The van der Waals surface area contributed by atoms with Crippen molar-refractivity contribution in [3.05, 3.63) is 25.3 Å². The molecule has 0 aromatic carbocycles. The summed E-state index contributed by atoms with van der Waals surface area (Å²) in [6.07, 6.45) is 1.26. The van der Waals surface area contributed by atoms with Gasteiger partial charge in [0.25, 0.3) is 0 Å². The van der Waals surface area contributed by atoms with Gasteiger partial charge in [0.1, 0.15) is 26.4 Å². The first-order valence-corrected chi connectivity index (χ1v) is 7.43. The van der Waals surface area contributed by atoms with Crippen LogP contribution in [0.1, 0.15) is 0 Å². The summed E-state index contributed by atoms with van der Waals surface area (Å²) < 4.78 is 18.9. The van der Waals surface area contributed by atoms with Gasteiger partial charge in [-0.15, -0.1) is 0 Å². The average molecular weight is 342 g/mol.